The maximum atomic E-state index is 4.35. The number of benzene rings is 1. The van der Waals surface area contributed by atoms with Crippen molar-refractivity contribution >= 4 is 32.5 Å². The highest BCUT2D eigenvalue weighted by Gasteiger charge is 2.03. The van der Waals surface area contributed by atoms with Crippen LogP contribution in [0.25, 0.3) is 10.8 Å². The number of aromatic nitrogens is 1. The molecule has 1 aromatic carbocycles. The van der Waals surface area contributed by atoms with E-state index in [9.17, 15) is 0 Å². The summed E-state index contributed by atoms with van der Waals surface area (Å²) in [5.74, 6) is 0.968. The van der Waals surface area contributed by atoms with Gasteiger partial charge in [0.2, 0.25) is 0 Å². The molecule has 0 saturated carbocycles. The van der Waals surface area contributed by atoms with E-state index in [1.54, 1.807) is 0 Å². The molecule has 3 heteroatoms. The molecule has 0 bridgehead atoms. The van der Waals surface area contributed by atoms with Crippen LogP contribution in [-0.4, -0.2) is 11.5 Å². The summed E-state index contributed by atoms with van der Waals surface area (Å²) in [6.45, 7) is 3.10. The lowest BCUT2D eigenvalue weighted by molar-refractivity contribution is 0.972. The summed E-state index contributed by atoms with van der Waals surface area (Å²) in [5.41, 5.74) is 0. The summed E-state index contributed by atoms with van der Waals surface area (Å²) in [4.78, 5) is 4.35. The van der Waals surface area contributed by atoms with Crippen molar-refractivity contribution in [3.63, 3.8) is 0 Å². The SMILES string of the molecule is CCCNc1nccc2c(Br)cccc12. The summed E-state index contributed by atoms with van der Waals surface area (Å²) < 4.78 is 1.11. The van der Waals surface area contributed by atoms with Crippen LogP contribution in [-0.2, 0) is 0 Å². The predicted octanol–water partition coefficient (Wildman–Crippen LogP) is 3.82. The zero-order chi connectivity index (χ0) is 10.7. The second-order valence-corrected chi connectivity index (χ2v) is 4.28. The Morgan fingerprint density at radius 2 is 2.13 bits per heavy atom. The Bertz CT molecular complexity index is 468. The molecule has 0 aliphatic rings. The molecule has 15 heavy (non-hydrogen) atoms. The van der Waals surface area contributed by atoms with E-state index in [4.69, 9.17) is 0 Å². The molecule has 0 amide bonds. The van der Waals surface area contributed by atoms with Gasteiger partial charge in [0.05, 0.1) is 0 Å². The van der Waals surface area contributed by atoms with Gasteiger partial charge in [-0.05, 0) is 18.6 Å². The highest BCUT2D eigenvalue weighted by atomic mass is 79.9. The summed E-state index contributed by atoms with van der Waals surface area (Å²) in [7, 11) is 0. The number of fused-ring (bicyclic) bond motifs is 1. The van der Waals surface area contributed by atoms with Gasteiger partial charge in [-0.3, -0.25) is 0 Å². The largest absolute Gasteiger partial charge is 0.370 e. The van der Waals surface area contributed by atoms with Gasteiger partial charge in [0.15, 0.2) is 0 Å². The average molecular weight is 265 g/mol. The Morgan fingerprint density at radius 1 is 1.27 bits per heavy atom. The molecular formula is C12H13BrN2. The van der Waals surface area contributed by atoms with Crippen LogP contribution in [0.5, 0.6) is 0 Å². The van der Waals surface area contributed by atoms with E-state index in [1.165, 1.54) is 10.8 Å². The van der Waals surface area contributed by atoms with Crippen LogP contribution in [0.15, 0.2) is 34.9 Å². The molecule has 0 saturated heterocycles. The summed E-state index contributed by atoms with van der Waals surface area (Å²) in [5, 5.41) is 5.70. The van der Waals surface area contributed by atoms with Crippen LogP contribution in [0.1, 0.15) is 13.3 Å². The maximum Gasteiger partial charge on any atom is 0.133 e. The van der Waals surface area contributed by atoms with Crippen LogP contribution in [0.4, 0.5) is 5.82 Å². The van der Waals surface area contributed by atoms with Crippen molar-refractivity contribution in [1.82, 2.24) is 4.98 Å². The van der Waals surface area contributed by atoms with Crippen molar-refractivity contribution in [2.24, 2.45) is 0 Å². The van der Waals surface area contributed by atoms with Crippen LogP contribution >= 0.6 is 15.9 Å². The fourth-order valence-corrected chi connectivity index (χ4v) is 2.05. The third-order valence-electron chi connectivity index (χ3n) is 2.30. The van der Waals surface area contributed by atoms with Crippen LogP contribution in [0.3, 0.4) is 0 Å². The van der Waals surface area contributed by atoms with E-state index in [0.717, 1.165) is 23.3 Å². The zero-order valence-electron chi connectivity index (χ0n) is 8.63. The third-order valence-corrected chi connectivity index (χ3v) is 2.99. The monoisotopic (exact) mass is 264 g/mol. The summed E-state index contributed by atoms with van der Waals surface area (Å²) in [6.07, 6.45) is 2.94. The van der Waals surface area contributed by atoms with Gasteiger partial charge in [0, 0.05) is 28.0 Å². The van der Waals surface area contributed by atoms with E-state index in [1.807, 2.05) is 24.4 Å². The van der Waals surface area contributed by atoms with Crippen LogP contribution in [0, 0.1) is 0 Å². The molecule has 2 nitrogen and oxygen atoms in total. The van der Waals surface area contributed by atoms with Crippen LogP contribution < -0.4 is 5.32 Å². The number of hydrogen-bond donors (Lipinski definition) is 1. The van der Waals surface area contributed by atoms with Crippen molar-refractivity contribution in [1.29, 1.82) is 0 Å². The van der Waals surface area contributed by atoms with Crippen molar-refractivity contribution < 1.29 is 0 Å². The van der Waals surface area contributed by atoms with E-state index in [0.29, 0.717) is 0 Å². The second kappa shape index (κ2) is 4.62. The first-order chi connectivity index (χ1) is 7.33. The smallest absolute Gasteiger partial charge is 0.133 e. The molecular weight excluding hydrogens is 252 g/mol. The minimum Gasteiger partial charge on any atom is -0.370 e. The van der Waals surface area contributed by atoms with Crippen molar-refractivity contribution in [2.45, 2.75) is 13.3 Å². The first-order valence-corrected chi connectivity index (χ1v) is 5.89. The lowest BCUT2D eigenvalue weighted by atomic mass is 10.1. The van der Waals surface area contributed by atoms with Crippen molar-refractivity contribution in [3.8, 4) is 0 Å². The Labute approximate surface area is 97.8 Å². The van der Waals surface area contributed by atoms with Crippen LogP contribution in [0.2, 0.25) is 0 Å². The van der Waals surface area contributed by atoms with E-state index in [2.05, 4.69) is 39.2 Å². The molecule has 1 aromatic heterocycles. The van der Waals surface area contributed by atoms with Gasteiger partial charge in [-0.15, -0.1) is 0 Å². The molecule has 0 unspecified atom stereocenters. The number of nitrogens with one attached hydrogen (secondary N) is 1. The topological polar surface area (TPSA) is 24.9 Å². The van der Waals surface area contributed by atoms with Crippen molar-refractivity contribution in [2.75, 3.05) is 11.9 Å². The Kier molecular flexibility index (Phi) is 3.21. The second-order valence-electron chi connectivity index (χ2n) is 3.42. The van der Waals surface area contributed by atoms with E-state index in [-0.39, 0.29) is 0 Å². The Morgan fingerprint density at radius 3 is 2.93 bits per heavy atom. The third kappa shape index (κ3) is 2.12. The molecule has 1 N–H and O–H groups in total. The molecule has 0 aliphatic heterocycles. The first kappa shape index (κ1) is 10.4. The van der Waals surface area contributed by atoms with Crippen molar-refractivity contribution in [3.05, 3.63) is 34.9 Å². The summed E-state index contributed by atoms with van der Waals surface area (Å²) in [6, 6.07) is 8.19. The number of halogens is 1. The van der Waals surface area contributed by atoms with Gasteiger partial charge in [0.25, 0.3) is 0 Å². The fourth-order valence-electron chi connectivity index (χ4n) is 1.55. The number of anilines is 1. The van der Waals surface area contributed by atoms with E-state index < -0.39 is 0 Å². The maximum absolute atomic E-state index is 4.35. The normalized spacial score (nSPS) is 10.5. The Balaban J connectivity index is 2.51. The molecule has 0 spiro atoms. The number of rotatable bonds is 3. The van der Waals surface area contributed by atoms with Gasteiger partial charge < -0.3 is 5.32 Å². The highest BCUT2D eigenvalue weighted by Crippen LogP contribution is 2.27. The number of nitrogens with zero attached hydrogens (tertiary/aromatic N) is 1. The van der Waals surface area contributed by atoms with Gasteiger partial charge in [0.1, 0.15) is 5.82 Å². The van der Waals surface area contributed by atoms with Gasteiger partial charge >= 0.3 is 0 Å². The fraction of sp³-hybridized carbons (Fsp3) is 0.250. The number of pyridine rings is 1. The predicted molar refractivity (Wildman–Crippen MR) is 68.2 cm³/mol. The molecule has 2 aromatic rings. The van der Waals surface area contributed by atoms with Gasteiger partial charge in [-0.1, -0.05) is 35.0 Å². The Hall–Kier alpha value is -1.09. The molecule has 0 atom stereocenters. The molecule has 2 rings (SSSR count). The molecule has 0 fully saturated rings. The lowest BCUT2D eigenvalue weighted by Gasteiger charge is -2.08. The van der Waals surface area contributed by atoms with Gasteiger partial charge in [-0.25, -0.2) is 4.98 Å². The zero-order valence-corrected chi connectivity index (χ0v) is 10.2. The van der Waals surface area contributed by atoms with E-state index >= 15 is 0 Å². The molecule has 1 heterocycles. The average Bonchev–Trinajstić information content (AvgIpc) is 2.27. The molecule has 0 radical (unpaired) electrons. The standard InChI is InChI=1S/C12H13BrN2/c1-2-7-14-12-10-4-3-5-11(13)9(10)6-8-15-12/h3-6,8H,2,7H2,1H3,(H,14,15). The lowest BCUT2D eigenvalue weighted by Crippen LogP contribution is -2.02. The number of hydrogen-bond acceptors (Lipinski definition) is 2. The minimum atomic E-state index is 0.957. The highest BCUT2D eigenvalue weighted by molar-refractivity contribution is 9.10. The van der Waals surface area contributed by atoms with Gasteiger partial charge in [-0.2, -0.15) is 0 Å². The molecule has 78 valence electrons. The quantitative estimate of drug-likeness (QED) is 0.912. The molecule has 0 aliphatic carbocycles. The summed E-state index contributed by atoms with van der Waals surface area (Å²) >= 11 is 3.54. The first-order valence-electron chi connectivity index (χ1n) is 5.10. The minimum absolute atomic E-state index is 0.957.